The molecule has 1 saturated heterocycles. The molecule has 3 aromatic heterocycles. The molecular weight excluding hydrogens is 1050 g/mol. The fourth-order valence-corrected chi connectivity index (χ4v) is 9.85. The number of hydrogen-bond acceptors (Lipinski definition) is 19. The smallest absolute Gasteiger partial charge is 0.409 e. The number of halogens is 3. The highest BCUT2D eigenvalue weighted by Gasteiger charge is 2.29. The minimum atomic E-state index is -0.756. The number of aliphatic imine (C=N–C) groups is 1. The summed E-state index contributed by atoms with van der Waals surface area (Å²) in [7, 11) is 6.58. The highest BCUT2D eigenvalue weighted by Crippen LogP contribution is 2.38. The van der Waals surface area contributed by atoms with Gasteiger partial charge in [-0.05, 0) is 108 Å². The van der Waals surface area contributed by atoms with Crippen LogP contribution in [0.5, 0.6) is 11.5 Å². The summed E-state index contributed by atoms with van der Waals surface area (Å²) < 4.78 is 16.8. The lowest BCUT2D eigenvalue weighted by Crippen LogP contribution is -2.38. The minimum absolute atomic E-state index is 0.0275. The molecule has 2 atom stereocenters. The van der Waals surface area contributed by atoms with Crippen molar-refractivity contribution in [3.8, 4) is 34.3 Å². The summed E-state index contributed by atoms with van der Waals surface area (Å²) in [5.41, 5.74) is 5.89. The number of benzene rings is 2. The third-order valence-electron chi connectivity index (χ3n) is 13.2. The number of nitrogens with zero attached hydrogens (tertiary/aromatic N) is 9. The molecule has 7 rings (SSSR count). The van der Waals surface area contributed by atoms with Gasteiger partial charge in [0.15, 0.2) is 11.6 Å². The summed E-state index contributed by atoms with van der Waals surface area (Å²) >= 11 is 20.9. The van der Waals surface area contributed by atoms with Crippen LogP contribution in [0.2, 0.25) is 10.0 Å². The van der Waals surface area contributed by atoms with Gasteiger partial charge in [0.1, 0.15) is 48.5 Å². The second kappa shape index (κ2) is 27.2. The molecule has 0 aliphatic carbocycles. The number of allylic oxidation sites excluding steroid dienone is 2. The van der Waals surface area contributed by atoms with Crippen LogP contribution in [0.15, 0.2) is 64.6 Å². The third-order valence-corrected chi connectivity index (χ3v) is 14.2. The number of hydrogen-bond donors (Lipinski definition) is 7. The molecule has 0 radical (unpaired) electrons. The normalized spacial score (nSPS) is 15.2. The number of carbonyl (C=O) groups excluding carboxylic acids is 1. The molecule has 7 N–H and O–H groups in total. The number of aliphatic hydroxyl groups is 3. The van der Waals surface area contributed by atoms with Gasteiger partial charge in [-0.15, -0.1) is 0 Å². The summed E-state index contributed by atoms with van der Waals surface area (Å²) in [6.07, 6.45) is 5.79. The Morgan fingerprint density at radius 2 is 1.42 bits per heavy atom. The summed E-state index contributed by atoms with van der Waals surface area (Å²) in [5.74, 6) is 2.15. The van der Waals surface area contributed by atoms with E-state index >= 15 is 0 Å². The highest BCUT2D eigenvalue weighted by atomic mass is 35.5. The average Bonchev–Trinajstić information content (AvgIpc) is 3.86. The number of amides is 1. The number of ether oxygens (including phenoxy) is 3. The van der Waals surface area contributed by atoms with E-state index in [4.69, 9.17) is 68.9 Å². The van der Waals surface area contributed by atoms with Crippen molar-refractivity contribution in [2.45, 2.75) is 71.8 Å². The lowest BCUT2D eigenvalue weighted by Gasteiger charge is -2.31. The Labute approximate surface area is 463 Å². The minimum Gasteiger partial charge on any atom is -0.512 e. The van der Waals surface area contributed by atoms with Gasteiger partial charge >= 0.3 is 6.09 Å². The number of likely N-dealkylation sites (tertiary alicyclic amines) is 1. The number of aryl methyl sites for hydroxylation is 1. The topological polar surface area (TPSA) is 262 Å². The second-order valence-electron chi connectivity index (χ2n) is 18.8. The quantitative estimate of drug-likeness (QED) is 0.0249. The van der Waals surface area contributed by atoms with E-state index in [9.17, 15) is 25.5 Å². The summed E-state index contributed by atoms with van der Waals surface area (Å²) in [6.45, 7) is 7.84. The largest absolute Gasteiger partial charge is 0.512 e. The van der Waals surface area contributed by atoms with Crippen molar-refractivity contribution in [2.75, 3.05) is 79.1 Å². The van der Waals surface area contributed by atoms with Crippen LogP contribution in [0.3, 0.4) is 0 Å². The van der Waals surface area contributed by atoms with Gasteiger partial charge in [-0.3, -0.25) is 15.0 Å². The lowest BCUT2D eigenvalue weighted by atomic mass is 9.90. The number of likely N-dealkylation sites (N-methyl/N-ethyl adjacent to an activating group) is 2. The Bertz CT molecular complexity index is 3000. The summed E-state index contributed by atoms with van der Waals surface area (Å²) in [6, 6.07) is 10.2. The van der Waals surface area contributed by atoms with E-state index in [1.165, 1.54) is 20.2 Å². The van der Waals surface area contributed by atoms with E-state index in [-0.39, 0.29) is 59.6 Å². The van der Waals surface area contributed by atoms with E-state index in [0.717, 1.165) is 30.7 Å². The van der Waals surface area contributed by atoms with Gasteiger partial charge in [-0.1, -0.05) is 34.8 Å². The first-order valence-electron chi connectivity index (χ1n) is 25.2. The van der Waals surface area contributed by atoms with Crippen molar-refractivity contribution in [3.63, 3.8) is 0 Å². The molecule has 20 nitrogen and oxygen atoms in total. The Hall–Kier alpha value is -6.52. The maximum atomic E-state index is 12.2. The Kier molecular flexibility index (Phi) is 20.5. The van der Waals surface area contributed by atoms with Crippen LogP contribution in [0, 0.1) is 25.2 Å². The zero-order valence-corrected chi connectivity index (χ0v) is 46.5. The van der Waals surface area contributed by atoms with Crippen molar-refractivity contribution >= 4 is 69.9 Å². The van der Waals surface area contributed by atoms with E-state index in [0.29, 0.717) is 124 Å². The maximum Gasteiger partial charge on any atom is 0.409 e. The molecule has 2 aliphatic rings. The number of rotatable bonds is 23. The van der Waals surface area contributed by atoms with Gasteiger partial charge in [0.2, 0.25) is 0 Å². The van der Waals surface area contributed by atoms with Crippen molar-refractivity contribution < 1.29 is 34.3 Å². The number of methoxy groups -OCH3 is 1. The molecule has 23 heteroatoms. The first-order valence-corrected chi connectivity index (χ1v) is 26.4. The molecule has 0 spiro atoms. The van der Waals surface area contributed by atoms with Gasteiger partial charge in [-0.2, -0.15) is 0 Å². The van der Waals surface area contributed by atoms with E-state index in [2.05, 4.69) is 35.8 Å². The van der Waals surface area contributed by atoms with Crippen molar-refractivity contribution in [1.29, 1.82) is 5.41 Å². The average molecular weight is 1120 g/mol. The standard InChI is InChI=1S/C54H66Cl3N13O7/c1-30-44(13-8-33-14-18-69(19-15-33)54(74)75-7)65-51(38-20-36(9-11-40(38)55)76-28-34(72)22-59-4)66-48(30)47(32(3)71)43(58)25-62-24-42(57)50(61-6)49-31(2)53(70-26-45-46(27-70)64-17-16-63-45)68-52(67-49)39-21-37(10-12-41(39)56)77-29-35(73)23-60-5/h9-12,16-17,20-21,24,33-35,58-61,71-73H,8,13-15,18-19,22-23,25-29H2,1-7H3/b47-32+,50-42+,58-43?,62-24+/t34-,35-/m1/s1. The lowest BCUT2D eigenvalue weighted by molar-refractivity contribution is 0.105. The van der Waals surface area contributed by atoms with Crippen molar-refractivity contribution in [2.24, 2.45) is 10.9 Å². The zero-order chi connectivity index (χ0) is 55.3. The molecule has 0 bridgehead atoms. The van der Waals surface area contributed by atoms with Gasteiger partial charge in [0.05, 0.1) is 81.6 Å². The molecule has 1 fully saturated rings. The Balaban J connectivity index is 1.22. The number of aromatic nitrogens is 6. The van der Waals surface area contributed by atoms with Gasteiger partial charge in [0.25, 0.3) is 0 Å². The molecular formula is C54H66Cl3N13O7. The molecule has 1 amide bonds. The number of aliphatic hydroxyl groups excluding tert-OH is 3. The van der Waals surface area contributed by atoms with E-state index in [1.807, 2.05) is 13.8 Å². The predicted octanol–water partition coefficient (Wildman–Crippen LogP) is 7.37. The van der Waals surface area contributed by atoms with Crippen LogP contribution in [-0.2, 0) is 24.2 Å². The monoisotopic (exact) mass is 1110 g/mol. The molecule has 0 saturated carbocycles. The number of nitrogens with one attached hydrogen (secondary N) is 4. The zero-order valence-electron chi connectivity index (χ0n) is 44.3. The number of piperidine rings is 1. The maximum absolute atomic E-state index is 12.2. The van der Waals surface area contributed by atoms with Crippen LogP contribution in [0.4, 0.5) is 10.6 Å². The van der Waals surface area contributed by atoms with Crippen LogP contribution >= 0.6 is 34.8 Å². The molecule has 5 aromatic rings. The van der Waals surface area contributed by atoms with Gasteiger partial charge in [-0.25, -0.2) is 24.7 Å². The van der Waals surface area contributed by atoms with Crippen molar-refractivity contribution in [3.05, 3.63) is 109 Å². The van der Waals surface area contributed by atoms with Crippen LogP contribution < -0.4 is 30.3 Å². The first kappa shape index (κ1) is 58.2. The number of fused-ring (bicyclic) bond motifs is 1. The third kappa shape index (κ3) is 14.5. The molecule has 5 heterocycles. The van der Waals surface area contributed by atoms with Crippen molar-refractivity contribution in [1.82, 2.24) is 50.8 Å². The number of carbonyl (C=O) groups is 1. The Morgan fingerprint density at radius 1 is 0.857 bits per heavy atom. The SMILES string of the molecule is CNC[C@@H](O)COc1ccc(Cl)c(-c2nc(CCC3CCN(C(=O)OC)CC3)c(C)c(/C(C(=N)C/N=C/C(Cl)=C(\NC)c3nc(-c4cc(OC[C@H](O)CNC)ccc4Cl)nc(N4Cc5nccnc5C4)c3C)=C(\C)O)n2)c1. The Morgan fingerprint density at radius 3 is 1.95 bits per heavy atom. The first-order chi connectivity index (χ1) is 37.0. The molecule has 2 aliphatic heterocycles. The summed E-state index contributed by atoms with van der Waals surface area (Å²) in [4.78, 5) is 49.8. The second-order valence-corrected chi connectivity index (χ2v) is 20.0. The predicted molar refractivity (Wildman–Crippen MR) is 300 cm³/mol. The van der Waals surface area contributed by atoms with Gasteiger partial charge in [0, 0.05) is 74.2 Å². The van der Waals surface area contributed by atoms with Crippen LogP contribution in [0.1, 0.15) is 65.8 Å². The molecule has 2 aromatic carbocycles. The molecule has 77 heavy (non-hydrogen) atoms. The number of anilines is 1. The molecule has 0 unspecified atom stereocenters. The van der Waals surface area contributed by atoms with E-state index < -0.39 is 12.2 Å². The molecule has 410 valence electrons. The van der Waals surface area contributed by atoms with Crippen LogP contribution in [0.25, 0.3) is 34.0 Å². The highest BCUT2D eigenvalue weighted by molar-refractivity contribution is 6.42. The fraction of sp³-hybridized carbons (Fsp3) is 0.426. The van der Waals surface area contributed by atoms with E-state index in [1.54, 1.807) is 74.8 Å². The van der Waals surface area contributed by atoms with Crippen LogP contribution in [-0.4, -0.2) is 155 Å². The van der Waals surface area contributed by atoms with Gasteiger partial charge < -0.3 is 60.7 Å². The summed E-state index contributed by atoms with van der Waals surface area (Å²) in [5, 5.41) is 51.5. The fourth-order valence-electron chi connectivity index (χ4n) is 9.20.